The molecule has 1 atom stereocenters. The fraction of sp³-hybridized carbons (Fsp3) is 0.526. The predicted molar refractivity (Wildman–Crippen MR) is 105 cm³/mol. The molecule has 1 fully saturated rings. The summed E-state index contributed by atoms with van der Waals surface area (Å²) in [5.74, 6) is 0.460. The number of nitrogens with zero attached hydrogens (tertiary/aromatic N) is 3. The van der Waals surface area contributed by atoms with Crippen LogP contribution in [0.4, 0.5) is 0 Å². The Hall–Kier alpha value is -2.41. The van der Waals surface area contributed by atoms with Gasteiger partial charge < -0.3 is 10.6 Å². The van der Waals surface area contributed by atoms with Crippen LogP contribution in [0.2, 0.25) is 0 Å². The van der Waals surface area contributed by atoms with Gasteiger partial charge in [0.15, 0.2) is 0 Å². The van der Waals surface area contributed by atoms with Gasteiger partial charge >= 0.3 is 0 Å². The molecule has 26 heavy (non-hydrogen) atoms. The number of likely N-dealkylation sites (N-methyl/N-ethyl adjacent to an activating group) is 2. The summed E-state index contributed by atoms with van der Waals surface area (Å²) < 4.78 is 0. The number of allylic oxidation sites excluding steroid dienone is 3. The Labute approximate surface area is 156 Å². The molecular formula is C19H31N5O2. The van der Waals surface area contributed by atoms with Crippen LogP contribution in [0, 0.1) is 0 Å². The number of hydrogen-bond acceptors (Lipinski definition) is 4. The van der Waals surface area contributed by atoms with Gasteiger partial charge in [-0.25, -0.2) is 10.0 Å². The maximum absolute atomic E-state index is 12.5. The molecule has 0 spiro atoms. The summed E-state index contributed by atoms with van der Waals surface area (Å²) in [6, 6.07) is 0.0374. The van der Waals surface area contributed by atoms with E-state index < -0.39 is 0 Å². The fourth-order valence-electron chi connectivity index (χ4n) is 2.64. The molecule has 1 heterocycles. The number of hydrogen-bond donors (Lipinski definition) is 2. The number of carbonyl (C=O) groups is 2. The fourth-order valence-corrected chi connectivity index (χ4v) is 2.64. The quantitative estimate of drug-likeness (QED) is 0.709. The first kappa shape index (κ1) is 21.6. The van der Waals surface area contributed by atoms with Crippen LogP contribution < -0.4 is 10.6 Å². The number of hydrazine groups is 1. The van der Waals surface area contributed by atoms with Gasteiger partial charge in [-0.15, -0.1) is 0 Å². The maximum atomic E-state index is 12.5. The van der Waals surface area contributed by atoms with Gasteiger partial charge in [-0.05, 0) is 34.6 Å². The Morgan fingerprint density at radius 2 is 1.88 bits per heavy atom. The zero-order valence-corrected chi connectivity index (χ0v) is 16.9. The van der Waals surface area contributed by atoms with Crippen molar-refractivity contribution in [3.63, 3.8) is 0 Å². The summed E-state index contributed by atoms with van der Waals surface area (Å²) in [6.45, 7) is 9.70. The molecule has 0 aromatic carbocycles. The van der Waals surface area contributed by atoms with E-state index >= 15 is 0 Å². The van der Waals surface area contributed by atoms with Gasteiger partial charge in [-0.2, -0.15) is 0 Å². The molecule has 144 valence electrons. The van der Waals surface area contributed by atoms with Crippen LogP contribution in [-0.2, 0) is 9.59 Å². The number of carbonyl (C=O) groups excluding carboxylic acids is 2. The second kappa shape index (κ2) is 9.91. The summed E-state index contributed by atoms with van der Waals surface area (Å²) in [6.07, 6.45) is 5.62. The summed E-state index contributed by atoms with van der Waals surface area (Å²) in [4.78, 5) is 28.8. The van der Waals surface area contributed by atoms with Gasteiger partial charge in [0.1, 0.15) is 5.84 Å². The standard InChI is InChI=1S/C19H31N5O2/c1-8-11-20-18-17(15(5)23(6)24(18)7)14(4)19(26)21-12-10-16(25)22-13(3)9-2/h8-9,11,15H,10,12H2,1-7H3,(H,21,26)(H,22,25). The number of aliphatic imine (C=N–C) groups is 1. The van der Waals surface area contributed by atoms with Crippen LogP contribution in [0.5, 0.6) is 0 Å². The highest BCUT2D eigenvalue weighted by atomic mass is 16.2. The largest absolute Gasteiger partial charge is 0.352 e. The molecular weight excluding hydrogens is 330 g/mol. The van der Waals surface area contributed by atoms with Gasteiger partial charge in [0.25, 0.3) is 0 Å². The van der Waals surface area contributed by atoms with E-state index in [2.05, 4.69) is 15.6 Å². The van der Waals surface area contributed by atoms with Gasteiger partial charge in [0.2, 0.25) is 11.8 Å². The minimum absolute atomic E-state index is 0.0374. The molecule has 0 bridgehead atoms. The Bertz CT molecular complexity index is 661. The molecule has 0 aromatic rings. The van der Waals surface area contributed by atoms with E-state index in [4.69, 9.17) is 0 Å². The normalized spacial score (nSPS) is 22.3. The van der Waals surface area contributed by atoms with E-state index in [0.29, 0.717) is 5.57 Å². The molecule has 0 saturated carbocycles. The van der Waals surface area contributed by atoms with Crippen molar-refractivity contribution in [3.8, 4) is 0 Å². The van der Waals surface area contributed by atoms with Crippen molar-refractivity contribution in [1.29, 1.82) is 0 Å². The van der Waals surface area contributed by atoms with Crippen LogP contribution >= 0.6 is 0 Å². The van der Waals surface area contributed by atoms with Crippen molar-refractivity contribution in [3.05, 3.63) is 35.2 Å². The smallest absolute Gasteiger partial charge is 0.247 e. The maximum Gasteiger partial charge on any atom is 0.247 e. The van der Waals surface area contributed by atoms with E-state index in [1.807, 2.05) is 64.0 Å². The van der Waals surface area contributed by atoms with E-state index in [0.717, 1.165) is 17.1 Å². The molecule has 1 aliphatic heterocycles. The Balaban J connectivity index is 2.85. The van der Waals surface area contributed by atoms with Crippen molar-refractivity contribution < 1.29 is 9.59 Å². The number of amidine groups is 1. The van der Waals surface area contributed by atoms with Crippen LogP contribution in [0.3, 0.4) is 0 Å². The van der Waals surface area contributed by atoms with Crippen molar-refractivity contribution in [2.45, 2.75) is 47.1 Å². The van der Waals surface area contributed by atoms with Gasteiger partial charge in [-0.1, -0.05) is 12.2 Å². The lowest BCUT2D eigenvalue weighted by atomic mass is 10.0. The zero-order chi connectivity index (χ0) is 19.9. The molecule has 2 N–H and O–H groups in total. The van der Waals surface area contributed by atoms with E-state index in [-0.39, 0.29) is 30.8 Å². The number of rotatable bonds is 6. The van der Waals surface area contributed by atoms with Crippen molar-refractivity contribution in [2.75, 3.05) is 20.6 Å². The Morgan fingerprint density at radius 3 is 2.46 bits per heavy atom. The monoisotopic (exact) mass is 361 g/mol. The SMILES string of the molecule is CC=CN=C1C(=C(C)C(=O)NCCC(=O)NC(C)=CC)C(C)N(C)N1C. The van der Waals surface area contributed by atoms with Crippen molar-refractivity contribution in [1.82, 2.24) is 20.7 Å². The second-order valence-corrected chi connectivity index (χ2v) is 6.27. The number of amides is 2. The van der Waals surface area contributed by atoms with E-state index in [1.54, 1.807) is 13.1 Å². The summed E-state index contributed by atoms with van der Waals surface area (Å²) in [7, 11) is 3.88. The van der Waals surface area contributed by atoms with Gasteiger partial charge in [0, 0.05) is 50.1 Å². The number of nitrogens with one attached hydrogen (secondary N) is 2. The van der Waals surface area contributed by atoms with Crippen LogP contribution in [0.15, 0.2) is 40.2 Å². The third-order valence-corrected chi connectivity index (χ3v) is 4.50. The summed E-state index contributed by atoms with van der Waals surface area (Å²) in [5, 5.41) is 9.54. The van der Waals surface area contributed by atoms with Crippen LogP contribution in [0.1, 0.15) is 41.0 Å². The van der Waals surface area contributed by atoms with Crippen molar-refractivity contribution in [2.24, 2.45) is 4.99 Å². The first-order chi connectivity index (χ1) is 12.2. The first-order valence-electron chi connectivity index (χ1n) is 8.82. The topological polar surface area (TPSA) is 77.0 Å². The lowest BCUT2D eigenvalue weighted by molar-refractivity contribution is -0.120. The van der Waals surface area contributed by atoms with Crippen LogP contribution in [-0.4, -0.2) is 54.3 Å². The predicted octanol–water partition coefficient (Wildman–Crippen LogP) is 1.96. The third-order valence-electron chi connectivity index (χ3n) is 4.50. The van der Waals surface area contributed by atoms with Gasteiger partial charge in [0.05, 0.1) is 6.04 Å². The lowest BCUT2D eigenvalue weighted by Gasteiger charge is -2.22. The Kier molecular flexibility index (Phi) is 8.25. The highest BCUT2D eigenvalue weighted by Crippen LogP contribution is 2.26. The van der Waals surface area contributed by atoms with Crippen molar-refractivity contribution >= 4 is 17.6 Å². The van der Waals surface area contributed by atoms with Crippen LogP contribution in [0.25, 0.3) is 0 Å². The molecule has 7 heteroatoms. The molecule has 1 saturated heterocycles. The molecule has 2 amide bonds. The average molecular weight is 361 g/mol. The third kappa shape index (κ3) is 5.29. The van der Waals surface area contributed by atoms with E-state index in [9.17, 15) is 9.59 Å². The highest BCUT2D eigenvalue weighted by molar-refractivity contribution is 6.08. The molecule has 1 rings (SSSR count). The Morgan fingerprint density at radius 1 is 1.23 bits per heavy atom. The molecule has 1 aliphatic rings. The molecule has 7 nitrogen and oxygen atoms in total. The highest BCUT2D eigenvalue weighted by Gasteiger charge is 2.35. The van der Waals surface area contributed by atoms with Gasteiger partial charge in [-0.3, -0.25) is 14.6 Å². The molecule has 0 aliphatic carbocycles. The molecule has 0 radical (unpaired) electrons. The first-order valence-corrected chi connectivity index (χ1v) is 8.82. The minimum atomic E-state index is -0.181. The second-order valence-electron chi connectivity index (χ2n) is 6.27. The molecule has 0 aromatic heterocycles. The molecule has 1 unspecified atom stereocenters. The summed E-state index contributed by atoms with van der Waals surface area (Å²) >= 11 is 0. The lowest BCUT2D eigenvalue weighted by Crippen LogP contribution is -2.35. The zero-order valence-electron chi connectivity index (χ0n) is 16.9. The average Bonchev–Trinajstić information content (AvgIpc) is 2.82. The minimum Gasteiger partial charge on any atom is -0.352 e. The van der Waals surface area contributed by atoms with E-state index in [1.165, 1.54) is 0 Å². The summed E-state index contributed by atoms with van der Waals surface area (Å²) in [5.41, 5.74) is 2.30.